The molecule has 0 radical (unpaired) electrons. The average Bonchev–Trinajstić information content (AvgIpc) is 2.45. The number of rotatable bonds is 7. The van der Waals surface area contributed by atoms with Crippen molar-refractivity contribution in [3.8, 4) is 0 Å². The van der Waals surface area contributed by atoms with Gasteiger partial charge in [-0.25, -0.2) is 4.39 Å². The van der Waals surface area contributed by atoms with Crippen LogP contribution in [0.15, 0.2) is 22.7 Å². The Kier molecular flexibility index (Phi) is 7.28. The van der Waals surface area contributed by atoms with Crippen LogP contribution in [0.3, 0.4) is 0 Å². The van der Waals surface area contributed by atoms with Crippen molar-refractivity contribution < 1.29 is 9.13 Å². The monoisotopic (exact) mass is 372 g/mol. The van der Waals surface area contributed by atoms with Gasteiger partial charge in [0.05, 0.1) is 16.7 Å². The highest BCUT2D eigenvalue weighted by molar-refractivity contribution is 9.10. The van der Waals surface area contributed by atoms with Crippen LogP contribution in [0, 0.1) is 5.82 Å². The summed E-state index contributed by atoms with van der Waals surface area (Å²) in [6, 6.07) is 5.16. The van der Waals surface area contributed by atoms with Gasteiger partial charge in [0.1, 0.15) is 5.82 Å². The first-order valence-corrected chi connectivity index (χ1v) is 8.86. The van der Waals surface area contributed by atoms with Crippen LogP contribution in [0.5, 0.6) is 0 Å². The molecule has 1 aromatic rings. The largest absolute Gasteiger partial charge is 0.373 e. The summed E-state index contributed by atoms with van der Waals surface area (Å²) < 4.78 is 19.4. The molecule has 1 aliphatic heterocycles. The van der Waals surface area contributed by atoms with Crippen LogP contribution in [0.4, 0.5) is 4.39 Å². The van der Waals surface area contributed by atoms with Gasteiger partial charge < -0.3 is 10.1 Å². The molecule has 5 heteroatoms. The van der Waals surface area contributed by atoms with Crippen LogP contribution >= 0.6 is 15.9 Å². The minimum Gasteiger partial charge on any atom is -0.373 e. The summed E-state index contributed by atoms with van der Waals surface area (Å²) in [5.41, 5.74) is 1.10. The van der Waals surface area contributed by atoms with E-state index < -0.39 is 0 Å². The molecular formula is C17H26BrFN2O. The van der Waals surface area contributed by atoms with Gasteiger partial charge >= 0.3 is 0 Å². The Bertz CT molecular complexity index is 462. The van der Waals surface area contributed by atoms with Crippen LogP contribution in [-0.4, -0.2) is 43.3 Å². The van der Waals surface area contributed by atoms with Gasteiger partial charge in [-0.3, -0.25) is 4.90 Å². The first kappa shape index (κ1) is 17.9. The molecule has 1 heterocycles. The maximum atomic E-state index is 13.1. The van der Waals surface area contributed by atoms with E-state index in [1.54, 1.807) is 0 Å². The van der Waals surface area contributed by atoms with Gasteiger partial charge in [0.15, 0.2) is 0 Å². The van der Waals surface area contributed by atoms with E-state index in [1.807, 2.05) is 12.1 Å². The summed E-state index contributed by atoms with van der Waals surface area (Å²) in [6.07, 6.45) is 3.04. The third-order valence-electron chi connectivity index (χ3n) is 3.89. The molecule has 1 aliphatic rings. The normalized spacial score (nSPS) is 22.9. The fraction of sp³-hybridized carbons (Fsp3) is 0.647. The van der Waals surface area contributed by atoms with E-state index in [-0.39, 0.29) is 5.82 Å². The Balaban J connectivity index is 1.56. The summed E-state index contributed by atoms with van der Waals surface area (Å²) in [5, 5.41) is 3.42. The van der Waals surface area contributed by atoms with Crippen LogP contribution < -0.4 is 5.32 Å². The first-order valence-electron chi connectivity index (χ1n) is 8.07. The standard InChI is InChI=1S/C17H26BrFN2O/c1-13-11-21(12-14(2)22-13)8-4-3-7-20-10-15-5-6-17(19)16(18)9-15/h5-6,9,13-14,20H,3-4,7-8,10-12H2,1-2H3. The molecule has 22 heavy (non-hydrogen) atoms. The van der Waals surface area contributed by atoms with E-state index in [1.165, 1.54) is 12.5 Å². The number of ether oxygens (including phenoxy) is 1. The van der Waals surface area contributed by atoms with Gasteiger partial charge in [0.2, 0.25) is 0 Å². The van der Waals surface area contributed by atoms with Crippen LogP contribution in [0.25, 0.3) is 0 Å². The Labute approximate surface area is 141 Å². The minimum atomic E-state index is -0.210. The van der Waals surface area contributed by atoms with E-state index in [0.29, 0.717) is 16.7 Å². The molecule has 124 valence electrons. The fourth-order valence-corrected chi connectivity index (χ4v) is 3.36. The first-order chi connectivity index (χ1) is 10.5. The minimum absolute atomic E-state index is 0.210. The number of benzene rings is 1. The SMILES string of the molecule is CC1CN(CCCCNCc2ccc(F)c(Br)c2)CC(C)O1. The summed E-state index contributed by atoms with van der Waals surface area (Å²) >= 11 is 3.22. The average molecular weight is 373 g/mol. The summed E-state index contributed by atoms with van der Waals surface area (Å²) in [5.74, 6) is -0.210. The van der Waals surface area contributed by atoms with Crippen molar-refractivity contribution in [3.63, 3.8) is 0 Å². The van der Waals surface area contributed by atoms with E-state index >= 15 is 0 Å². The topological polar surface area (TPSA) is 24.5 Å². The second-order valence-electron chi connectivity index (χ2n) is 6.15. The predicted molar refractivity (Wildman–Crippen MR) is 91.5 cm³/mol. The van der Waals surface area contributed by atoms with Crippen molar-refractivity contribution in [1.82, 2.24) is 10.2 Å². The molecule has 1 aromatic carbocycles. The molecule has 0 aromatic heterocycles. The summed E-state index contributed by atoms with van der Waals surface area (Å²) in [4.78, 5) is 2.50. The second kappa shape index (κ2) is 8.96. The Hall–Kier alpha value is -0.490. The number of halogens is 2. The Morgan fingerprint density at radius 3 is 2.68 bits per heavy atom. The maximum absolute atomic E-state index is 13.1. The van der Waals surface area contributed by atoms with Gasteiger partial charge in [-0.1, -0.05) is 6.07 Å². The maximum Gasteiger partial charge on any atom is 0.137 e. The Morgan fingerprint density at radius 1 is 1.27 bits per heavy atom. The molecule has 0 spiro atoms. The zero-order valence-corrected chi connectivity index (χ0v) is 15.0. The van der Waals surface area contributed by atoms with Gasteiger partial charge in [-0.05, 0) is 73.4 Å². The summed E-state index contributed by atoms with van der Waals surface area (Å²) in [7, 11) is 0. The highest BCUT2D eigenvalue weighted by Gasteiger charge is 2.21. The smallest absolute Gasteiger partial charge is 0.137 e. The quantitative estimate of drug-likeness (QED) is 0.740. The molecule has 0 aliphatic carbocycles. The molecule has 1 N–H and O–H groups in total. The van der Waals surface area contributed by atoms with Gasteiger partial charge in [-0.2, -0.15) is 0 Å². The molecule has 0 amide bonds. The summed E-state index contributed by atoms with van der Waals surface area (Å²) in [6.45, 7) is 9.29. The second-order valence-corrected chi connectivity index (χ2v) is 7.00. The van der Waals surface area contributed by atoms with E-state index in [4.69, 9.17) is 4.74 Å². The van der Waals surface area contributed by atoms with Crippen molar-refractivity contribution in [2.75, 3.05) is 26.2 Å². The number of unbranched alkanes of at least 4 members (excludes halogenated alkanes) is 1. The fourth-order valence-electron chi connectivity index (χ4n) is 2.93. The number of hydrogen-bond donors (Lipinski definition) is 1. The predicted octanol–water partition coefficient (Wildman–Crippen LogP) is 3.57. The van der Waals surface area contributed by atoms with Crippen molar-refractivity contribution in [1.29, 1.82) is 0 Å². The Morgan fingerprint density at radius 2 is 2.00 bits per heavy atom. The van der Waals surface area contributed by atoms with Crippen molar-refractivity contribution >= 4 is 15.9 Å². The molecule has 2 rings (SSSR count). The van der Waals surface area contributed by atoms with E-state index in [2.05, 4.69) is 40.0 Å². The van der Waals surface area contributed by atoms with Crippen LogP contribution in [0.2, 0.25) is 0 Å². The third-order valence-corrected chi connectivity index (χ3v) is 4.49. The van der Waals surface area contributed by atoms with Gasteiger partial charge in [-0.15, -0.1) is 0 Å². The lowest BCUT2D eigenvalue weighted by molar-refractivity contribution is -0.0681. The zero-order valence-electron chi connectivity index (χ0n) is 13.4. The third kappa shape index (κ3) is 5.95. The van der Waals surface area contributed by atoms with Crippen molar-refractivity contribution in [2.24, 2.45) is 0 Å². The van der Waals surface area contributed by atoms with Crippen LogP contribution in [0.1, 0.15) is 32.3 Å². The van der Waals surface area contributed by atoms with Crippen molar-refractivity contribution in [3.05, 3.63) is 34.1 Å². The van der Waals surface area contributed by atoms with E-state index in [9.17, 15) is 4.39 Å². The number of hydrogen-bond acceptors (Lipinski definition) is 3. The molecule has 2 atom stereocenters. The molecule has 2 unspecified atom stereocenters. The lowest BCUT2D eigenvalue weighted by Gasteiger charge is -2.35. The number of nitrogens with zero attached hydrogens (tertiary/aromatic N) is 1. The highest BCUT2D eigenvalue weighted by atomic mass is 79.9. The molecule has 0 saturated carbocycles. The molecule has 1 saturated heterocycles. The lowest BCUT2D eigenvalue weighted by Crippen LogP contribution is -2.45. The molecule has 0 bridgehead atoms. The van der Waals surface area contributed by atoms with Gasteiger partial charge in [0, 0.05) is 19.6 Å². The molecule has 1 fully saturated rings. The van der Waals surface area contributed by atoms with Crippen molar-refractivity contribution in [2.45, 2.75) is 45.4 Å². The lowest BCUT2D eigenvalue weighted by atomic mass is 10.2. The number of morpholine rings is 1. The van der Waals surface area contributed by atoms with Gasteiger partial charge in [0.25, 0.3) is 0 Å². The zero-order chi connectivity index (χ0) is 15.9. The molecular weight excluding hydrogens is 347 g/mol. The molecule has 3 nitrogen and oxygen atoms in total. The van der Waals surface area contributed by atoms with E-state index in [0.717, 1.165) is 44.7 Å². The number of nitrogens with one attached hydrogen (secondary N) is 1. The highest BCUT2D eigenvalue weighted by Crippen LogP contribution is 2.16. The van der Waals surface area contributed by atoms with Crippen LogP contribution in [-0.2, 0) is 11.3 Å².